The number of nitrogens with zero attached hydrogens (tertiary/aromatic N) is 2. The van der Waals surface area contributed by atoms with Crippen LogP contribution in [0.15, 0.2) is 36.7 Å². The molecule has 0 fully saturated rings. The predicted molar refractivity (Wildman–Crippen MR) is 65.7 cm³/mol. The summed E-state index contributed by atoms with van der Waals surface area (Å²) in [6, 6.07) is 6.57. The standard InChI is InChI=1S/C13H14N2O3/c1-9(12-14-7-8-15(12)2)18-11-6-4-3-5-10(11)13(16)17/h3-9H,1-2H3,(H,16,17). The van der Waals surface area contributed by atoms with E-state index in [9.17, 15) is 4.79 Å². The Bertz CT molecular complexity index is 563. The molecule has 1 atom stereocenters. The van der Waals surface area contributed by atoms with Gasteiger partial charge in [-0.05, 0) is 19.1 Å². The molecule has 1 heterocycles. The molecule has 0 aliphatic heterocycles. The fourth-order valence-electron chi connectivity index (χ4n) is 1.76. The number of benzene rings is 1. The molecule has 1 aromatic carbocycles. The van der Waals surface area contributed by atoms with Crippen molar-refractivity contribution in [1.29, 1.82) is 0 Å². The van der Waals surface area contributed by atoms with Gasteiger partial charge in [-0.2, -0.15) is 0 Å². The number of hydrogen-bond acceptors (Lipinski definition) is 3. The van der Waals surface area contributed by atoms with Gasteiger partial charge in [-0.3, -0.25) is 0 Å². The van der Waals surface area contributed by atoms with Crippen LogP contribution in [-0.4, -0.2) is 20.6 Å². The molecule has 0 aliphatic rings. The molecule has 5 heteroatoms. The molecule has 1 N–H and O–H groups in total. The van der Waals surface area contributed by atoms with Crippen LogP contribution >= 0.6 is 0 Å². The molecular weight excluding hydrogens is 232 g/mol. The Balaban J connectivity index is 2.25. The number of hydrogen-bond donors (Lipinski definition) is 1. The monoisotopic (exact) mass is 246 g/mol. The largest absolute Gasteiger partial charge is 0.482 e. The van der Waals surface area contributed by atoms with Crippen LogP contribution in [0.3, 0.4) is 0 Å². The van der Waals surface area contributed by atoms with Crippen molar-refractivity contribution in [2.45, 2.75) is 13.0 Å². The number of carbonyl (C=O) groups is 1. The lowest BCUT2D eigenvalue weighted by atomic mass is 10.2. The lowest BCUT2D eigenvalue weighted by molar-refractivity contribution is 0.0689. The third-order valence-electron chi connectivity index (χ3n) is 2.64. The Morgan fingerprint density at radius 1 is 1.44 bits per heavy atom. The zero-order valence-electron chi connectivity index (χ0n) is 10.2. The maximum Gasteiger partial charge on any atom is 0.339 e. The minimum atomic E-state index is -1.00. The summed E-state index contributed by atoms with van der Waals surface area (Å²) in [4.78, 5) is 15.2. The maximum atomic E-state index is 11.1. The summed E-state index contributed by atoms with van der Waals surface area (Å²) in [5.41, 5.74) is 0.151. The van der Waals surface area contributed by atoms with Crippen molar-refractivity contribution in [3.05, 3.63) is 48.0 Å². The number of rotatable bonds is 4. The molecule has 1 aromatic heterocycles. The minimum absolute atomic E-state index is 0.151. The average molecular weight is 246 g/mol. The molecule has 18 heavy (non-hydrogen) atoms. The van der Waals surface area contributed by atoms with E-state index >= 15 is 0 Å². The topological polar surface area (TPSA) is 64.3 Å². The lowest BCUT2D eigenvalue weighted by Crippen LogP contribution is -2.11. The first-order valence-corrected chi connectivity index (χ1v) is 5.56. The second-order valence-electron chi connectivity index (χ2n) is 3.96. The molecule has 2 rings (SSSR count). The van der Waals surface area contributed by atoms with E-state index in [2.05, 4.69) is 4.98 Å². The van der Waals surface area contributed by atoms with Crippen molar-refractivity contribution < 1.29 is 14.6 Å². The van der Waals surface area contributed by atoms with Gasteiger partial charge >= 0.3 is 5.97 Å². The van der Waals surface area contributed by atoms with Crippen LogP contribution in [-0.2, 0) is 7.05 Å². The van der Waals surface area contributed by atoms with Crippen LogP contribution in [0, 0.1) is 0 Å². The molecule has 1 unspecified atom stereocenters. The molecule has 5 nitrogen and oxygen atoms in total. The van der Waals surface area contributed by atoms with Crippen LogP contribution in [0.25, 0.3) is 0 Å². The van der Waals surface area contributed by atoms with E-state index in [0.29, 0.717) is 5.75 Å². The van der Waals surface area contributed by atoms with Gasteiger partial charge in [-0.1, -0.05) is 12.1 Å². The second-order valence-corrected chi connectivity index (χ2v) is 3.96. The smallest absolute Gasteiger partial charge is 0.339 e. The number of imidazole rings is 1. The van der Waals surface area contributed by atoms with E-state index in [1.807, 2.05) is 24.7 Å². The Kier molecular flexibility index (Phi) is 3.32. The van der Waals surface area contributed by atoms with Gasteiger partial charge < -0.3 is 14.4 Å². The van der Waals surface area contributed by atoms with Gasteiger partial charge in [-0.15, -0.1) is 0 Å². The van der Waals surface area contributed by atoms with E-state index in [1.54, 1.807) is 24.4 Å². The SMILES string of the molecule is CC(Oc1ccccc1C(=O)O)c1nccn1C. The number of aromatic carboxylic acids is 1. The minimum Gasteiger partial charge on any atom is -0.482 e. The van der Waals surface area contributed by atoms with Crippen molar-refractivity contribution >= 4 is 5.97 Å². The highest BCUT2D eigenvalue weighted by Crippen LogP contribution is 2.24. The van der Waals surface area contributed by atoms with E-state index in [0.717, 1.165) is 5.82 Å². The van der Waals surface area contributed by atoms with Crippen LogP contribution < -0.4 is 4.74 Å². The molecule has 0 saturated carbocycles. The number of carboxylic acids is 1. The molecule has 0 spiro atoms. The molecule has 0 bridgehead atoms. The second kappa shape index (κ2) is 4.91. The fourth-order valence-corrected chi connectivity index (χ4v) is 1.76. The van der Waals surface area contributed by atoms with Gasteiger partial charge in [-0.25, -0.2) is 9.78 Å². The first kappa shape index (κ1) is 12.2. The highest BCUT2D eigenvalue weighted by atomic mass is 16.5. The van der Waals surface area contributed by atoms with Gasteiger partial charge in [0, 0.05) is 19.4 Å². The number of ether oxygens (including phenoxy) is 1. The Morgan fingerprint density at radius 2 is 2.17 bits per heavy atom. The highest BCUT2D eigenvalue weighted by Gasteiger charge is 2.16. The number of carboxylic acid groups (broad SMARTS) is 1. The van der Waals surface area contributed by atoms with E-state index in [4.69, 9.17) is 9.84 Å². The lowest BCUT2D eigenvalue weighted by Gasteiger charge is -2.15. The zero-order chi connectivity index (χ0) is 13.1. The first-order valence-electron chi connectivity index (χ1n) is 5.56. The van der Waals surface area contributed by atoms with E-state index < -0.39 is 5.97 Å². The normalized spacial score (nSPS) is 12.1. The van der Waals surface area contributed by atoms with Crippen molar-refractivity contribution in [2.75, 3.05) is 0 Å². The van der Waals surface area contributed by atoms with Crippen LogP contribution in [0.1, 0.15) is 29.2 Å². The first-order chi connectivity index (χ1) is 8.59. The van der Waals surface area contributed by atoms with Crippen molar-refractivity contribution in [3.63, 3.8) is 0 Å². The van der Waals surface area contributed by atoms with Gasteiger partial charge in [0.2, 0.25) is 0 Å². The molecular formula is C13H14N2O3. The Morgan fingerprint density at radius 3 is 2.78 bits per heavy atom. The molecule has 0 amide bonds. The maximum absolute atomic E-state index is 11.1. The van der Waals surface area contributed by atoms with E-state index in [-0.39, 0.29) is 11.7 Å². The number of aromatic nitrogens is 2. The summed E-state index contributed by atoms with van der Waals surface area (Å²) in [6.07, 6.45) is 3.18. The third kappa shape index (κ3) is 2.34. The quantitative estimate of drug-likeness (QED) is 0.898. The molecule has 0 saturated heterocycles. The van der Waals surface area contributed by atoms with Gasteiger partial charge in [0.15, 0.2) is 6.10 Å². The predicted octanol–water partition coefficient (Wildman–Crippen LogP) is 2.26. The summed E-state index contributed by atoms with van der Waals surface area (Å²) in [5.74, 6) is 0.0910. The van der Waals surface area contributed by atoms with Gasteiger partial charge in [0.1, 0.15) is 17.1 Å². The van der Waals surface area contributed by atoms with Crippen molar-refractivity contribution in [2.24, 2.45) is 7.05 Å². The summed E-state index contributed by atoms with van der Waals surface area (Å²) >= 11 is 0. The fraction of sp³-hybridized carbons (Fsp3) is 0.231. The van der Waals surface area contributed by atoms with Crippen LogP contribution in [0.4, 0.5) is 0 Å². The highest BCUT2D eigenvalue weighted by molar-refractivity contribution is 5.90. The zero-order valence-corrected chi connectivity index (χ0v) is 10.2. The van der Waals surface area contributed by atoms with Gasteiger partial charge in [0.25, 0.3) is 0 Å². The number of aryl methyl sites for hydroxylation is 1. The average Bonchev–Trinajstić information content (AvgIpc) is 2.76. The van der Waals surface area contributed by atoms with Crippen LogP contribution in [0.2, 0.25) is 0 Å². The summed E-state index contributed by atoms with van der Waals surface area (Å²) in [6.45, 7) is 1.83. The molecule has 0 radical (unpaired) electrons. The number of para-hydroxylation sites is 1. The summed E-state index contributed by atoms with van der Waals surface area (Å²) in [7, 11) is 1.87. The Labute approximate surface area is 105 Å². The molecule has 2 aromatic rings. The molecule has 0 aliphatic carbocycles. The summed E-state index contributed by atoms with van der Waals surface area (Å²) in [5, 5.41) is 9.06. The van der Waals surface area contributed by atoms with E-state index in [1.165, 1.54) is 6.07 Å². The third-order valence-corrected chi connectivity index (χ3v) is 2.64. The Hall–Kier alpha value is -2.30. The summed E-state index contributed by atoms with van der Waals surface area (Å²) < 4.78 is 7.51. The van der Waals surface area contributed by atoms with Gasteiger partial charge in [0.05, 0.1) is 0 Å². The molecule has 94 valence electrons. The van der Waals surface area contributed by atoms with Crippen molar-refractivity contribution in [3.8, 4) is 5.75 Å². The van der Waals surface area contributed by atoms with Crippen molar-refractivity contribution in [1.82, 2.24) is 9.55 Å². The van der Waals surface area contributed by atoms with Crippen LogP contribution in [0.5, 0.6) is 5.75 Å².